The number of rotatable bonds is 12. The van der Waals surface area contributed by atoms with Gasteiger partial charge in [0.05, 0.1) is 58.7 Å². The van der Waals surface area contributed by atoms with Crippen molar-refractivity contribution in [3.05, 3.63) is 129 Å². The van der Waals surface area contributed by atoms with E-state index in [1.807, 2.05) is 0 Å². The van der Waals surface area contributed by atoms with Gasteiger partial charge in [-0.2, -0.15) is 0 Å². The third-order valence-corrected chi connectivity index (χ3v) is 5.52. The third kappa shape index (κ3) is 5.50. The minimum atomic E-state index is -3.76. The molecule has 0 saturated heterocycles. The number of ether oxygens (including phenoxy) is 2. The van der Waals surface area contributed by atoms with Gasteiger partial charge in [-0.3, -0.25) is 80.9 Å². The predicted molar refractivity (Wildman–Crippen MR) is 132 cm³/mol. The highest BCUT2D eigenvalue weighted by Crippen LogP contribution is 2.46. The van der Waals surface area contributed by atoms with Gasteiger partial charge in [-0.15, -0.1) is 0 Å². The maximum atomic E-state index is 12.3. The SMILES string of the molecule is O=[N+]([O-])c1cc([N+](=O)[O-])c(OC2=CC=CC(Oc3c([N+](=O)[O-])cc([N+](=O)[O-])cc3[N+](=O)[O-])([N+](=O)[O-])C2[N+](=O)[O-])c([N+](=O)[O-])c1. The topological polar surface area (TPSA) is 364 Å². The number of benzene rings is 2. The van der Waals surface area contributed by atoms with Crippen molar-refractivity contribution in [2.24, 2.45) is 0 Å². The lowest BCUT2D eigenvalue weighted by Crippen LogP contribution is -2.58. The standard InChI is InChI=1S/C18H8N8O18/c27-19(28)8-4-10(21(31)32)15(11(5-8)22(33)34)43-14-2-1-3-18(26(41)42,17(14)25(39)40)44-16-12(23(35)36)6-9(20(29)30)7-13(16)24(37)38/h1-7,17H. The van der Waals surface area contributed by atoms with E-state index >= 15 is 0 Å². The summed E-state index contributed by atoms with van der Waals surface area (Å²) in [5, 5.41) is 93.2. The molecule has 0 heterocycles. The van der Waals surface area contributed by atoms with Crippen LogP contribution in [0.1, 0.15) is 0 Å². The normalized spacial score (nSPS) is 17.1. The van der Waals surface area contributed by atoms with Crippen molar-refractivity contribution in [2.45, 2.75) is 11.8 Å². The van der Waals surface area contributed by atoms with Crippen molar-refractivity contribution in [1.82, 2.24) is 0 Å². The Labute approximate surface area is 236 Å². The van der Waals surface area contributed by atoms with Crippen molar-refractivity contribution in [1.29, 1.82) is 0 Å². The summed E-state index contributed by atoms with van der Waals surface area (Å²) in [6.07, 6.45) is 1.32. The lowest BCUT2D eigenvalue weighted by Gasteiger charge is -2.27. The molecule has 0 spiro atoms. The van der Waals surface area contributed by atoms with Crippen LogP contribution in [0.4, 0.5) is 34.1 Å². The van der Waals surface area contributed by atoms with E-state index in [0.29, 0.717) is 12.2 Å². The molecule has 0 fully saturated rings. The van der Waals surface area contributed by atoms with Crippen LogP contribution in [0.15, 0.2) is 48.3 Å². The van der Waals surface area contributed by atoms with E-state index in [0.717, 1.165) is 0 Å². The molecule has 0 radical (unpaired) electrons. The van der Waals surface area contributed by atoms with Crippen LogP contribution in [0, 0.1) is 80.9 Å². The molecule has 0 N–H and O–H groups in total. The minimum Gasteiger partial charge on any atom is -0.441 e. The summed E-state index contributed by atoms with van der Waals surface area (Å²) in [5.74, 6) is -4.52. The molecular weight excluding hydrogens is 616 g/mol. The fraction of sp³-hybridized carbons (Fsp3) is 0.111. The summed E-state index contributed by atoms with van der Waals surface area (Å²) < 4.78 is 9.98. The van der Waals surface area contributed by atoms with Gasteiger partial charge < -0.3 is 9.47 Å². The van der Waals surface area contributed by atoms with Crippen LogP contribution in [-0.4, -0.2) is 51.2 Å². The zero-order valence-corrected chi connectivity index (χ0v) is 20.5. The molecule has 0 saturated carbocycles. The molecule has 2 aromatic carbocycles. The zero-order chi connectivity index (χ0) is 33.3. The van der Waals surface area contributed by atoms with Gasteiger partial charge in [0, 0.05) is 11.0 Å². The average molecular weight is 624 g/mol. The summed E-state index contributed by atoms with van der Waals surface area (Å²) in [4.78, 5) is 81.6. The first-order valence-electron chi connectivity index (χ1n) is 10.7. The van der Waals surface area contributed by atoms with Crippen molar-refractivity contribution in [3.63, 3.8) is 0 Å². The van der Waals surface area contributed by atoms with E-state index in [2.05, 4.69) is 0 Å². The molecule has 0 amide bonds. The second kappa shape index (κ2) is 11.3. The van der Waals surface area contributed by atoms with Gasteiger partial charge in [-0.25, -0.2) is 0 Å². The van der Waals surface area contributed by atoms with Gasteiger partial charge in [0.2, 0.25) is 0 Å². The third-order valence-electron chi connectivity index (χ3n) is 5.52. The molecule has 26 nitrogen and oxygen atoms in total. The van der Waals surface area contributed by atoms with Crippen LogP contribution in [0.25, 0.3) is 0 Å². The summed E-state index contributed by atoms with van der Waals surface area (Å²) in [7, 11) is 0. The van der Waals surface area contributed by atoms with Crippen LogP contribution >= 0.6 is 0 Å². The van der Waals surface area contributed by atoms with Crippen LogP contribution in [0.5, 0.6) is 11.5 Å². The van der Waals surface area contributed by atoms with E-state index in [1.165, 1.54) is 0 Å². The Morgan fingerprint density at radius 3 is 1.27 bits per heavy atom. The van der Waals surface area contributed by atoms with Gasteiger partial charge in [0.15, 0.2) is 5.76 Å². The quantitative estimate of drug-likeness (QED) is 0.186. The predicted octanol–water partition coefficient (Wildman–Crippen LogP) is 2.67. The Morgan fingerprint density at radius 2 is 0.955 bits per heavy atom. The van der Waals surface area contributed by atoms with Crippen molar-refractivity contribution < 1.29 is 48.9 Å². The fourth-order valence-corrected chi connectivity index (χ4v) is 3.71. The number of hydrogen-bond acceptors (Lipinski definition) is 18. The Bertz CT molecular complexity index is 1700. The summed E-state index contributed by atoms with van der Waals surface area (Å²) in [6, 6.07) is -2.56. The van der Waals surface area contributed by atoms with E-state index in [-0.39, 0.29) is 30.3 Å². The summed E-state index contributed by atoms with van der Waals surface area (Å²) in [6.45, 7) is 0. The van der Waals surface area contributed by atoms with Crippen molar-refractivity contribution in [3.8, 4) is 11.5 Å². The second-order valence-corrected chi connectivity index (χ2v) is 8.00. The molecule has 2 unspecified atom stereocenters. The molecular formula is C18H8N8O18. The van der Waals surface area contributed by atoms with Crippen LogP contribution in [-0.2, 0) is 0 Å². The lowest BCUT2D eigenvalue weighted by atomic mass is 9.97. The first kappa shape index (κ1) is 31.3. The number of non-ortho nitro benzene ring substituents is 2. The van der Waals surface area contributed by atoms with E-state index in [9.17, 15) is 80.9 Å². The average Bonchev–Trinajstić information content (AvgIpc) is 2.91. The van der Waals surface area contributed by atoms with E-state index in [4.69, 9.17) is 9.47 Å². The van der Waals surface area contributed by atoms with Gasteiger partial charge in [0.25, 0.3) is 22.9 Å². The Balaban J connectivity index is 2.31. The van der Waals surface area contributed by atoms with Gasteiger partial charge >= 0.3 is 34.5 Å². The molecule has 0 aliphatic heterocycles. The molecule has 1 aliphatic rings. The molecule has 26 heteroatoms. The largest absolute Gasteiger partial charge is 0.458 e. The monoisotopic (exact) mass is 624 g/mol. The highest BCUT2D eigenvalue weighted by atomic mass is 16.7. The highest BCUT2D eigenvalue weighted by Gasteiger charge is 2.65. The molecule has 1 aliphatic carbocycles. The van der Waals surface area contributed by atoms with Crippen molar-refractivity contribution in [2.75, 3.05) is 0 Å². The Hall–Kier alpha value is -7.28. The molecule has 2 atom stereocenters. The number of hydrogen-bond donors (Lipinski definition) is 0. The van der Waals surface area contributed by atoms with E-state index < -0.39 is 103 Å². The maximum absolute atomic E-state index is 12.3. The minimum absolute atomic E-state index is 0.0977. The molecule has 0 bridgehead atoms. The molecule has 44 heavy (non-hydrogen) atoms. The first-order chi connectivity index (χ1) is 20.4. The van der Waals surface area contributed by atoms with Gasteiger partial charge in [0.1, 0.15) is 0 Å². The zero-order valence-electron chi connectivity index (χ0n) is 20.5. The lowest BCUT2D eigenvalue weighted by molar-refractivity contribution is -0.672. The number of nitrogens with zero attached hydrogens (tertiary/aromatic N) is 8. The van der Waals surface area contributed by atoms with Crippen LogP contribution < -0.4 is 9.47 Å². The number of allylic oxidation sites excluding steroid dienone is 2. The number of nitro benzene ring substituents is 6. The van der Waals surface area contributed by atoms with Crippen LogP contribution in [0.2, 0.25) is 0 Å². The second-order valence-electron chi connectivity index (χ2n) is 8.00. The first-order valence-corrected chi connectivity index (χ1v) is 10.7. The van der Waals surface area contributed by atoms with E-state index in [1.54, 1.807) is 0 Å². The molecule has 228 valence electrons. The Morgan fingerprint density at radius 1 is 0.568 bits per heavy atom. The molecule has 3 rings (SSSR count). The Kier molecular flexibility index (Phi) is 8.03. The summed E-state index contributed by atoms with van der Waals surface area (Å²) >= 11 is 0. The summed E-state index contributed by atoms with van der Waals surface area (Å²) in [5.41, 5.74) is -12.5. The molecule has 2 aromatic rings. The van der Waals surface area contributed by atoms with Gasteiger partial charge in [-0.05, 0) is 6.08 Å². The van der Waals surface area contributed by atoms with Gasteiger partial charge in [-0.1, -0.05) is 6.08 Å². The fourth-order valence-electron chi connectivity index (χ4n) is 3.71. The molecule has 0 aromatic heterocycles. The number of nitro groups is 8. The van der Waals surface area contributed by atoms with Crippen LogP contribution in [0.3, 0.4) is 0 Å². The highest BCUT2D eigenvalue weighted by molar-refractivity contribution is 5.67. The van der Waals surface area contributed by atoms with Crippen molar-refractivity contribution >= 4 is 34.1 Å². The maximum Gasteiger partial charge on any atom is 0.458 e. The smallest absolute Gasteiger partial charge is 0.441 e.